The van der Waals surface area contributed by atoms with E-state index in [-0.39, 0.29) is 11.1 Å². The predicted molar refractivity (Wildman–Crippen MR) is 74.4 cm³/mol. The van der Waals surface area contributed by atoms with Gasteiger partial charge in [0.25, 0.3) is 0 Å². The standard InChI is InChI=1S/C14H30N2O2/c1-11(2)10-14(9,16-15-12(3,4)5)18-17-13(6,7)8/h11H,10H2,1-9H3/b16-15+. The van der Waals surface area contributed by atoms with Gasteiger partial charge in [0.2, 0.25) is 5.72 Å². The summed E-state index contributed by atoms with van der Waals surface area (Å²) in [5.41, 5.74) is -1.28. The van der Waals surface area contributed by atoms with Gasteiger partial charge in [-0.05, 0) is 54.4 Å². The molecule has 0 heterocycles. The molecule has 0 amide bonds. The van der Waals surface area contributed by atoms with Gasteiger partial charge in [-0.3, -0.25) is 0 Å². The average molecular weight is 258 g/mol. The quantitative estimate of drug-likeness (QED) is 0.406. The van der Waals surface area contributed by atoms with Gasteiger partial charge in [0.05, 0.1) is 11.1 Å². The smallest absolute Gasteiger partial charge is 0.209 e. The molecule has 0 bridgehead atoms. The van der Waals surface area contributed by atoms with Gasteiger partial charge < -0.3 is 0 Å². The molecule has 0 spiro atoms. The Hall–Kier alpha value is -0.480. The fourth-order valence-electron chi connectivity index (χ4n) is 1.32. The molecule has 0 aliphatic rings. The van der Waals surface area contributed by atoms with E-state index < -0.39 is 5.72 Å². The van der Waals surface area contributed by atoms with Gasteiger partial charge in [-0.15, -0.1) is 0 Å². The minimum Gasteiger partial charge on any atom is -0.228 e. The van der Waals surface area contributed by atoms with E-state index in [1.807, 2.05) is 48.5 Å². The lowest BCUT2D eigenvalue weighted by Gasteiger charge is -2.29. The third-order valence-corrected chi connectivity index (χ3v) is 1.82. The Balaban J connectivity index is 4.78. The van der Waals surface area contributed by atoms with Crippen LogP contribution in [0.25, 0.3) is 0 Å². The van der Waals surface area contributed by atoms with E-state index in [0.717, 1.165) is 6.42 Å². The molecule has 1 atom stereocenters. The molecule has 0 aliphatic carbocycles. The van der Waals surface area contributed by atoms with Gasteiger partial charge in [-0.25, -0.2) is 9.78 Å². The maximum atomic E-state index is 5.54. The zero-order valence-corrected chi connectivity index (χ0v) is 13.5. The molecule has 0 fully saturated rings. The van der Waals surface area contributed by atoms with Crippen LogP contribution in [0.2, 0.25) is 0 Å². The van der Waals surface area contributed by atoms with Crippen LogP contribution in [0, 0.1) is 5.92 Å². The number of nitrogens with zero attached hydrogens (tertiary/aromatic N) is 2. The van der Waals surface area contributed by atoms with Gasteiger partial charge in [0.1, 0.15) is 0 Å². The molecule has 0 aromatic rings. The van der Waals surface area contributed by atoms with Crippen molar-refractivity contribution in [2.24, 2.45) is 16.1 Å². The Morgan fingerprint density at radius 2 is 1.33 bits per heavy atom. The Bertz CT molecular complexity index is 274. The second-order valence-electron chi connectivity index (χ2n) is 7.42. The molecule has 0 aromatic heterocycles. The molecule has 1 unspecified atom stereocenters. The monoisotopic (exact) mass is 258 g/mol. The van der Waals surface area contributed by atoms with Crippen molar-refractivity contribution in [1.82, 2.24) is 0 Å². The predicted octanol–water partition coefficient (Wildman–Crippen LogP) is 4.75. The molecular weight excluding hydrogens is 228 g/mol. The van der Waals surface area contributed by atoms with Crippen LogP contribution in [0.15, 0.2) is 10.2 Å². The van der Waals surface area contributed by atoms with Crippen molar-refractivity contribution >= 4 is 0 Å². The van der Waals surface area contributed by atoms with Crippen LogP contribution in [0.5, 0.6) is 0 Å². The van der Waals surface area contributed by atoms with Crippen molar-refractivity contribution in [3.05, 3.63) is 0 Å². The van der Waals surface area contributed by atoms with E-state index in [4.69, 9.17) is 9.78 Å². The highest BCUT2D eigenvalue weighted by Gasteiger charge is 2.30. The fraction of sp³-hybridized carbons (Fsp3) is 1.00. The minimum atomic E-state index is -0.727. The molecule has 0 saturated carbocycles. The number of hydrogen-bond acceptors (Lipinski definition) is 4. The van der Waals surface area contributed by atoms with Crippen molar-refractivity contribution in [3.8, 4) is 0 Å². The molecule has 4 nitrogen and oxygen atoms in total. The Morgan fingerprint density at radius 3 is 1.67 bits per heavy atom. The van der Waals surface area contributed by atoms with Crippen molar-refractivity contribution in [3.63, 3.8) is 0 Å². The minimum absolute atomic E-state index is 0.205. The molecule has 0 radical (unpaired) electrons. The summed E-state index contributed by atoms with van der Waals surface area (Å²) in [6.07, 6.45) is 0.767. The Labute approximate surface area is 112 Å². The largest absolute Gasteiger partial charge is 0.228 e. The van der Waals surface area contributed by atoms with E-state index in [2.05, 4.69) is 24.1 Å². The van der Waals surface area contributed by atoms with Crippen molar-refractivity contribution in [1.29, 1.82) is 0 Å². The summed E-state index contributed by atoms with van der Waals surface area (Å²) in [6.45, 7) is 18.0. The highest BCUT2D eigenvalue weighted by molar-refractivity contribution is 4.75. The topological polar surface area (TPSA) is 43.2 Å². The summed E-state index contributed by atoms with van der Waals surface area (Å²) >= 11 is 0. The molecule has 0 aliphatic heterocycles. The number of hydrogen-bond donors (Lipinski definition) is 0. The first-order valence-electron chi connectivity index (χ1n) is 6.64. The summed E-state index contributed by atoms with van der Waals surface area (Å²) in [7, 11) is 0. The summed E-state index contributed by atoms with van der Waals surface area (Å²) in [6, 6.07) is 0. The molecule has 0 saturated heterocycles. The van der Waals surface area contributed by atoms with E-state index in [1.54, 1.807) is 0 Å². The Morgan fingerprint density at radius 1 is 0.833 bits per heavy atom. The normalized spacial score (nSPS) is 17.4. The first-order chi connectivity index (χ1) is 7.83. The van der Waals surface area contributed by atoms with Gasteiger partial charge >= 0.3 is 0 Å². The Kier molecular flexibility index (Phi) is 5.95. The molecule has 0 aromatic carbocycles. The molecule has 0 N–H and O–H groups in total. The zero-order valence-electron chi connectivity index (χ0n) is 13.5. The third kappa shape index (κ3) is 9.54. The molecule has 18 heavy (non-hydrogen) atoms. The van der Waals surface area contributed by atoms with Crippen molar-refractivity contribution in [2.45, 2.75) is 85.6 Å². The van der Waals surface area contributed by atoms with E-state index in [1.165, 1.54) is 0 Å². The number of azo groups is 1. The van der Waals surface area contributed by atoms with Gasteiger partial charge in [0, 0.05) is 6.42 Å². The first kappa shape index (κ1) is 17.5. The van der Waals surface area contributed by atoms with Crippen LogP contribution in [0.4, 0.5) is 0 Å². The van der Waals surface area contributed by atoms with Crippen LogP contribution < -0.4 is 0 Å². The highest BCUT2D eigenvalue weighted by Crippen LogP contribution is 2.27. The zero-order chi connectivity index (χ0) is 14.6. The third-order valence-electron chi connectivity index (χ3n) is 1.82. The second-order valence-corrected chi connectivity index (χ2v) is 7.42. The van der Waals surface area contributed by atoms with E-state index in [0.29, 0.717) is 5.92 Å². The van der Waals surface area contributed by atoms with Gasteiger partial charge in [-0.1, -0.05) is 13.8 Å². The van der Waals surface area contributed by atoms with Crippen molar-refractivity contribution in [2.75, 3.05) is 0 Å². The lowest BCUT2D eigenvalue weighted by molar-refractivity contribution is -0.402. The number of rotatable bonds is 5. The van der Waals surface area contributed by atoms with E-state index >= 15 is 0 Å². The van der Waals surface area contributed by atoms with Crippen LogP contribution in [0.1, 0.15) is 68.7 Å². The molecule has 108 valence electrons. The summed E-state index contributed by atoms with van der Waals surface area (Å²) in [4.78, 5) is 10.9. The fourth-order valence-corrected chi connectivity index (χ4v) is 1.32. The lowest BCUT2D eigenvalue weighted by Crippen LogP contribution is -2.33. The molecule has 4 heteroatoms. The maximum absolute atomic E-state index is 5.54. The summed E-state index contributed by atoms with van der Waals surface area (Å²) in [5.74, 6) is 0.456. The van der Waals surface area contributed by atoms with Crippen LogP contribution in [-0.4, -0.2) is 16.9 Å². The summed E-state index contributed by atoms with van der Waals surface area (Å²) in [5, 5.41) is 8.65. The van der Waals surface area contributed by atoms with Crippen molar-refractivity contribution < 1.29 is 9.78 Å². The second kappa shape index (κ2) is 6.11. The molecular formula is C14H30N2O2. The lowest BCUT2D eigenvalue weighted by atomic mass is 10.0. The average Bonchev–Trinajstić information content (AvgIpc) is 2.09. The van der Waals surface area contributed by atoms with Crippen LogP contribution >= 0.6 is 0 Å². The van der Waals surface area contributed by atoms with Gasteiger partial charge in [-0.2, -0.15) is 10.2 Å². The van der Waals surface area contributed by atoms with Crippen LogP contribution in [-0.2, 0) is 9.78 Å². The van der Waals surface area contributed by atoms with Crippen LogP contribution in [0.3, 0.4) is 0 Å². The summed E-state index contributed by atoms with van der Waals surface area (Å²) < 4.78 is 0. The highest BCUT2D eigenvalue weighted by atomic mass is 17.2. The molecule has 0 rings (SSSR count). The SMILES string of the molecule is CC(C)CC(C)(/N=N/C(C)(C)C)OOC(C)(C)C. The first-order valence-corrected chi connectivity index (χ1v) is 6.64. The van der Waals surface area contributed by atoms with Gasteiger partial charge in [0.15, 0.2) is 0 Å². The van der Waals surface area contributed by atoms with E-state index in [9.17, 15) is 0 Å². The maximum Gasteiger partial charge on any atom is 0.209 e.